The van der Waals surface area contributed by atoms with E-state index in [2.05, 4.69) is 25.1 Å². The largest absolute Gasteiger partial charge is 0.573 e. The van der Waals surface area contributed by atoms with Crippen molar-refractivity contribution < 1.29 is 22.7 Å². The first-order valence-electron chi connectivity index (χ1n) is 12.9. The maximum absolute atomic E-state index is 12.5. The van der Waals surface area contributed by atoms with E-state index in [1.165, 1.54) is 47.0 Å². The molecule has 1 saturated heterocycles. The number of halogens is 3. The first-order chi connectivity index (χ1) is 20.2. The summed E-state index contributed by atoms with van der Waals surface area (Å²) < 4.78 is 42.5. The summed E-state index contributed by atoms with van der Waals surface area (Å²) >= 11 is 6.79. The fourth-order valence-corrected chi connectivity index (χ4v) is 5.36. The molecule has 1 amide bonds. The van der Waals surface area contributed by atoms with Crippen molar-refractivity contribution in [1.82, 2.24) is 20.1 Å². The van der Waals surface area contributed by atoms with E-state index in [0.29, 0.717) is 34.1 Å². The summed E-state index contributed by atoms with van der Waals surface area (Å²) in [6.45, 7) is 2.58. The number of benzene rings is 3. The van der Waals surface area contributed by atoms with Gasteiger partial charge in [-0.05, 0) is 73.4 Å². The third kappa shape index (κ3) is 7.34. The number of rotatable bonds is 8. The van der Waals surface area contributed by atoms with Gasteiger partial charge >= 0.3 is 6.36 Å². The molecule has 0 bridgehead atoms. The molecule has 3 aromatic carbocycles. The molecule has 216 valence electrons. The molecule has 0 saturated carbocycles. The predicted octanol–water partition coefficient (Wildman–Crippen LogP) is 6.08. The Balaban J connectivity index is 1.11. The van der Waals surface area contributed by atoms with E-state index in [1.54, 1.807) is 4.90 Å². The average Bonchev–Trinajstić information content (AvgIpc) is 3.59. The van der Waals surface area contributed by atoms with Crippen LogP contribution in [0.3, 0.4) is 0 Å². The lowest BCUT2D eigenvalue weighted by Crippen LogP contribution is -2.32. The zero-order chi connectivity index (χ0) is 29.7. The number of carbonyl (C=O) groups excluding carboxylic acids is 1. The Morgan fingerprint density at radius 3 is 2.55 bits per heavy atom. The van der Waals surface area contributed by atoms with Crippen LogP contribution in [0.1, 0.15) is 17.5 Å². The SMILES string of the molecule is Cc1ccccc1N1C(=O)CS/C1=N\C(=S)NCCCc1ccc(-c2ncn(-c3ccc(OC(F)(F)F)cc3)n2)cc1. The number of para-hydroxylation sites is 1. The van der Waals surface area contributed by atoms with Crippen molar-refractivity contribution >= 4 is 45.9 Å². The van der Waals surface area contributed by atoms with Gasteiger partial charge in [-0.1, -0.05) is 54.2 Å². The molecule has 0 atom stereocenters. The molecule has 0 unspecified atom stereocenters. The summed E-state index contributed by atoms with van der Waals surface area (Å²) in [5, 5.41) is 8.51. The number of thiocarbonyl (C=S) groups is 1. The third-order valence-electron chi connectivity index (χ3n) is 6.28. The van der Waals surface area contributed by atoms with E-state index in [4.69, 9.17) is 12.2 Å². The Morgan fingerprint density at radius 2 is 1.83 bits per heavy atom. The molecule has 1 aliphatic heterocycles. The minimum Gasteiger partial charge on any atom is -0.406 e. The number of amides is 1. The summed E-state index contributed by atoms with van der Waals surface area (Å²) in [4.78, 5) is 22.9. The average molecular weight is 611 g/mol. The number of ether oxygens (including phenoxy) is 1. The van der Waals surface area contributed by atoms with Crippen molar-refractivity contribution in [3.05, 3.63) is 90.3 Å². The summed E-state index contributed by atoms with van der Waals surface area (Å²) in [7, 11) is 0. The molecule has 1 N–H and O–H groups in total. The molecule has 8 nitrogen and oxygen atoms in total. The number of anilines is 1. The smallest absolute Gasteiger partial charge is 0.406 e. The molecular formula is C29H25F3N6O2S2. The van der Waals surface area contributed by atoms with Gasteiger partial charge in [0.2, 0.25) is 5.91 Å². The Hall–Kier alpha value is -4.23. The van der Waals surface area contributed by atoms with Crippen LogP contribution in [0, 0.1) is 6.92 Å². The van der Waals surface area contributed by atoms with Crippen molar-refractivity contribution in [2.45, 2.75) is 26.1 Å². The van der Waals surface area contributed by atoms with Crippen molar-refractivity contribution in [2.75, 3.05) is 17.2 Å². The zero-order valence-electron chi connectivity index (χ0n) is 22.3. The molecule has 13 heteroatoms. The monoisotopic (exact) mass is 610 g/mol. The number of carbonyl (C=O) groups is 1. The normalized spacial score (nSPS) is 14.4. The highest BCUT2D eigenvalue weighted by Gasteiger charge is 2.31. The maximum atomic E-state index is 12.5. The van der Waals surface area contributed by atoms with Crippen LogP contribution in [-0.4, -0.2) is 49.6 Å². The third-order valence-corrected chi connectivity index (χ3v) is 7.44. The second-order valence-electron chi connectivity index (χ2n) is 9.29. The molecule has 1 aromatic heterocycles. The standard InChI is InChI=1S/C29H25F3N6O2S2/c1-19-5-2-3-7-24(19)38-25(39)17-42-28(38)35-27(41)33-16-4-6-20-8-10-21(11-9-20)26-34-18-37(36-26)22-12-14-23(15-13-22)40-29(30,31)32/h2-3,5,7-15,18H,4,6,16-17H2,1H3,(H,33,41)/b35-28-. The van der Waals surface area contributed by atoms with Crippen LogP contribution in [0.25, 0.3) is 17.1 Å². The number of aryl methyl sites for hydroxylation is 2. The minimum atomic E-state index is -4.74. The molecule has 0 radical (unpaired) electrons. The van der Waals surface area contributed by atoms with Gasteiger partial charge in [0.25, 0.3) is 0 Å². The number of amidine groups is 1. The van der Waals surface area contributed by atoms with Gasteiger partial charge in [0.1, 0.15) is 12.1 Å². The van der Waals surface area contributed by atoms with Crippen LogP contribution in [0.15, 0.2) is 84.1 Å². The van der Waals surface area contributed by atoms with Crippen LogP contribution >= 0.6 is 24.0 Å². The molecule has 2 heterocycles. The first-order valence-corrected chi connectivity index (χ1v) is 14.3. The van der Waals surface area contributed by atoms with Crippen LogP contribution in [-0.2, 0) is 11.2 Å². The second-order valence-corrected chi connectivity index (χ2v) is 10.6. The van der Waals surface area contributed by atoms with E-state index in [9.17, 15) is 18.0 Å². The highest BCUT2D eigenvalue weighted by molar-refractivity contribution is 8.15. The van der Waals surface area contributed by atoms with Crippen LogP contribution in [0.2, 0.25) is 0 Å². The molecule has 5 rings (SSSR count). The number of aliphatic imine (C=N–C) groups is 1. The van der Waals surface area contributed by atoms with E-state index >= 15 is 0 Å². The summed E-state index contributed by atoms with van der Waals surface area (Å²) in [6.07, 6.45) is -1.61. The number of nitrogens with one attached hydrogen (secondary N) is 1. The lowest BCUT2D eigenvalue weighted by atomic mass is 10.1. The molecule has 0 spiro atoms. The van der Waals surface area contributed by atoms with Crippen LogP contribution in [0.5, 0.6) is 5.75 Å². The van der Waals surface area contributed by atoms with E-state index in [0.717, 1.165) is 35.2 Å². The lowest BCUT2D eigenvalue weighted by molar-refractivity contribution is -0.274. The van der Waals surface area contributed by atoms with Crippen molar-refractivity contribution in [2.24, 2.45) is 4.99 Å². The topological polar surface area (TPSA) is 84.6 Å². The van der Waals surface area contributed by atoms with Gasteiger partial charge in [0.05, 0.1) is 17.1 Å². The van der Waals surface area contributed by atoms with Gasteiger partial charge in [-0.15, -0.1) is 18.3 Å². The highest BCUT2D eigenvalue weighted by atomic mass is 32.2. The molecular weight excluding hydrogens is 585 g/mol. The second kappa shape index (κ2) is 12.7. The van der Waals surface area contributed by atoms with E-state index in [1.807, 2.05) is 55.5 Å². The number of thioether (sulfide) groups is 1. The van der Waals surface area contributed by atoms with E-state index < -0.39 is 6.36 Å². The molecule has 42 heavy (non-hydrogen) atoms. The summed E-state index contributed by atoms with van der Waals surface area (Å²) in [5.74, 6) is 0.498. The zero-order valence-corrected chi connectivity index (χ0v) is 24.0. The minimum absolute atomic E-state index is 0.0186. The highest BCUT2D eigenvalue weighted by Crippen LogP contribution is 2.29. The molecule has 0 aliphatic carbocycles. The Kier molecular flexibility index (Phi) is 8.88. The van der Waals surface area contributed by atoms with Gasteiger partial charge in [0, 0.05) is 12.1 Å². The Bertz CT molecular complexity index is 1600. The van der Waals surface area contributed by atoms with Crippen LogP contribution in [0.4, 0.5) is 18.9 Å². The van der Waals surface area contributed by atoms with Gasteiger partial charge in [-0.3, -0.25) is 9.69 Å². The fourth-order valence-electron chi connectivity index (χ4n) is 4.25. The van der Waals surface area contributed by atoms with Crippen molar-refractivity contribution in [1.29, 1.82) is 0 Å². The molecule has 4 aromatic rings. The summed E-state index contributed by atoms with van der Waals surface area (Å²) in [5.41, 5.74) is 4.29. The molecule has 1 fully saturated rings. The quantitative estimate of drug-likeness (QED) is 0.191. The number of alkyl halides is 3. The van der Waals surface area contributed by atoms with Crippen molar-refractivity contribution in [3.8, 4) is 22.8 Å². The lowest BCUT2D eigenvalue weighted by Gasteiger charge is -2.18. The van der Waals surface area contributed by atoms with Gasteiger partial charge < -0.3 is 10.1 Å². The van der Waals surface area contributed by atoms with Gasteiger partial charge in [0.15, 0.2) is 16.1 Å². The number of nitrogens with zero attached hydrogens (tertiary/aromatic N) is 5. The first kappa shape index (κ1) is 29.3. The van der Waals surface area contributed by atoms with Gasteiger partial charge in [-0.2, -0.15) is 4.99 Å². The van der Waals surface area contributed by atoms with Gasteiger partial charge in [-0.25, -0.2) is 9.67 Å². The Morgan fingerprint density at radius 1 is 1.10 bits per heavy atom. The fraction of sp³-hybridized carbons (Fsp3) is 0.207. The predicted molar refractivity (Wildman–Crippen MR) is 161 cm³/mol. The van der Waals surface area contributed by atoms with E-state index in [-0.39, 0.29) is 11.7 Å². The maximum Gasteiger partial charge on any atom is 0.573 e. The number of aromatic nitrogens is 3. The van der Waals surface area contributed by atoms with Crippen molar-refractivity contribution in [3.63, 3.8) is 0 Å². The Labute approximate surface area is 249 Å². The van der Waals surface area contributed by atoms with Crippen LogP contribution < -0.4 is 15.0 Å². The number of hydrogen-bond donors (Lipinski definition) is 1. The number of hydrogen-bond acceptors (Lipinski definition) is 6. The summed E-state index contributed by atoms with van der Waals surface area (Å²) in [6, 6.07) is 20.9. The molecule has 1 aliphatic rings.